The highest BCUT2D eigenvalue weighted by atomic mass is 35.5. The zero-order valence-corrected chi connectivity index (χ0v) is 15.3. The first-order chi connectivity index (χ1) is 10.3. The number of ether oxygens (including phenoxy) is 1. The number of benzene rings is 1. The molecule has 2 heterocycles. The molecule has 0 unspecified atom stereocenters. The molecule has 7 heteroatoms. The summed E-state index contributed by atoms with van der Waals surface area (Å²) < 4.78 is 5.50. The Morgan fingerprint density at radius 2 is 1.96 bits per heavy atom. The molecule has 1 fully saturated rings. The van der Waals surface area contributed by atoms with E-state index in [9.17, 15) is 5.11 Å². The van der Waals surface area contributed by atoms with E-state index in [4.69, 9.17) is 4.74 Å². The maximum atomic E-state index is 9.69. The van der Waals surface area contributed by atoms with E-state index in [1.54, 1.807) is 30.6 Å². The van der Waals surface area contributed by atoms with E-state index in [-0.39, 0.29) is 36.6 Å². The first kappa shape index (κ1) is 20.1. The lowest BCUT2D eigenvalue weighted by molar-refractivity contribution is 0.197. The highest BCUT2D eigenvalue weighted by Gasteiger charge is 2.27. The lowest BCUT2D eigenvalue weighted by Crippen LogP contribution is -2.45. The van der Waals surface area contributed by atoms with Crippen LogP contribution in [0.3, 0.4) is 0 Å². The largest absolute Gasteiger partial charge is 0.508 e. The zero-order valence-electron chi connectivity index (χ0n) is 12.9. The molecular formula is C16H22Cl2N2O2S. The summed E-state index contributed by atoms with van der Waals surface area (Å²) in [5.74, 6) is 0.979. The smallest absolute Gasteiger partial charge is 0.127 e. The summed E-state index contributed by atoms with van der Waals surface area (Å²) >= 11 is 1.76. The summed E-state index contributed by atoms with van der Waals surface area (Å²) in [5, 5.41) is 15.2. The van der Waals surface area contributed by atoms with Gasteiger partial charge in [-0.3, -0.25) is 4.90 Å². The Labute approximate surface area is 153 Å². The topological polar surface area (TPSA) is 44.7 Å². The van der Waals surface area contributed by atoms with Gasteiger partial charge in [0.25, 0.3) is 0 Å². The van der Waals surface area contributed by atoms with Gasteiger partial charge in [-0.1, -0.05) is 6.07 Å². The molecule has 1 aliphatic heterocycles. The average Bonchev–Trinajstić information content (AvgIpc) is 3.04. The predicted octanol–water partition coefficient (Wildman–Crippen LogP) is 3.30. The molecule has 23 heavy (non-hydrogen) atoms. The van der Waals surface area contributed by atoms with Gasteiger partial charge in [0.2, 0.25) is 0 Å². The molecule has 0 aliphatic carbocycles. The van der Waals surface area contributed by atoms with Crippen LogP contribution in [0.5, 0.6) is 11.5 Å². The number of aromatic hydroxyl groups is 1. The maximum absolute atomic E-state index is 9.69. The van der Waals surface area contributed by atoms with E-state index in [2.05, 4.69) is 27.7 Å². The Morgan fingerprint density at radius 3 is 2.57 bits per heavy atom. The van der Waals surface area contributed by atoms with Crippen LogP contribution in [-0.2, 0) is 0 Å². The van der Waals surface area contributed by atoms with Crippen molar-refractivity contribution in [3.8, 4) is 11.5 Å². The molecule has 3 rings (SSSR count). The van der Waals surface area contributed by atoms with Crippen LogP contribution in [0.2, 0.25) is 0 Å². The Morgan fingerprint density at radius 1 is 1.22 bits per heavy atom. The van der Waals surface area contributed by atoms with Crippen LogP contribution in [0.25, 0.3) is 0 Å². The Hall–Kier alpha value is -0.980. The lowest BCUT2D eigenvalue weighted by Gasteiger charge is -2.35. The summed E-state index contributed by atoms with van der Waals surface area (Å²) in [6, 6.07) is 9.84. The van der Waals surface area contributed by atoms with Crippen molar-refractivity contribution >= 4 is 36.2 Å². The molecule has 1 aliphatic rings. The number of hydrogen-bond acceptors (Lipinski definition) is 5. The molecular weight excluding hydrogens is 355 g/mol. The van der Waals surface area contributed by atoms with Crippen molar-refractivity contribution in [1.29, 1.82) is 0 Å². The van der Waals surface area contributed by atoms with E-state index in [0.29, 0.717) is 0 Å². The number of phenols is 1. The molecule has 0 spiro atoms. The molecule has 0 amide bonds. The fraction of sp³-hybridized carbons (Fsp3) is 0.375. The molecule has 128 valence electrons. The number of rotatable bonds is 4. The minimum Gasteiger partial charge on any atom is -0.508 e. The van der Waals surface area contributed by atoms with Gasteiger partial charge < -0.3 is 15.2 Å². The Bertz CT molecular complexity index is 590. The third-order valence-corrected chi connectivity index (χ3v) is 4.77. The van der Waals surface area contributed by atoms with E-state index < -0.39 is 0 Å². The summed E-state index contributed by atoms with van der Waals surface area (Å²) in [7, 11) is 1.65. The molecule has 2 N–H and O–H groups in total. The lowest BCUT2D eigenvalue weighted by atomic mass is 10.0. The van der Waals surface area contributed by atoms with Crippen LogP contribution in [0, 0.1) is 0 Å². The van der Waals surface area contributed by atoms with Gasteiger partial charge in [-0.25, -0.2) is 0 Å². The van der Waals surface area contributed by atoms with Crippen LogP contribution in [0.15, 0.2) is 35.7 Å². The van der Waals surface area contributed by atoms with Crippen molar-refractivity contribution < 1.29 is 9.84 Å². The number of thiophene rings is 1. The highest BCUT2D eigenvalue weighted by Crippen LogP contribution is 2.38. The number of nitrogens with one attached hydrogen (secondary N) is 1. The number of piperazine rings is 1. The molecule has 1 aromatic heterocycles. The number of phenolic OH excluding ortho intramolecular Hbond substituents is 1. The minimum atomic E-state index is 0. The minimum absolute atomic E-state index is 0. The number of nitrogens with zero attached hydrogens (tertiary/aromatic N) is 1. The van der Waals surface area contributed by atoms with Gasteiger partial charge in [0.1, 0.15) is 11.5 Å². The summed E-state index contributed by atoms with van der Waals surface area (Å²) in [4.78, 5) is 3.78. The van der Waals surface area contributed by atoms with Gasteiger partial charge in [0.05, 0.1) is 13.2 Å². The quantitative estimate of drug-likeness (QED) is 0.858. The first-order valence-electron chi connectivity index (χ1n) is 7.14. The van der Waals surface area contributed by atoms with E-state index in [0.717, 1.165) is 37.5 Å². The van der Waals surface area contributed by atoms with Gasteiger partial charge >= 0.3 is 0 Å². The van der Waals surface area contributed by atoms with Crippen molar-refractivity contribution in [1.82, 2.24) is 10.2 Å². The molecule has 1 atom stereocenters. The molecule has 0 bridgehead atoms. The third kappa shape index (κ3) is 4.52. The van der Waals surface area contributed by atoms with Crippen molar-refractivity contribution in [3.63, 3.8) is 0 Å². The summed E-state index contributed by atoms with van der Waals surface area (Å²) in [6.07, 6.45) is 0. The Balaban J connectivity index is 0.00000132. The van der Waals surface area contributed by atoms with Gasteiger partial charge in [-0.05, 0) is 23.6 Å². The molecule has 1 saturated heterocycles. The average molecular weight is 377 g/mol. The SMILES string of the molecule is COc1cc(O)ccc1[C@@H](c1cccs1)N1CCNCC1.Cl.Cl. The normalized spacial score (nSPS) is 16.0. The highest BCUT2D eigenvalue weighted by molar-refractivity contribution is 7.10. The number of methoxy groups -OCH3 is 1. The molecule has 1 aromatic carbocycles. The summed E-state index contributed by atoms with van der Waals surface area (Å²) in [5.41, 5.74) is 1.11. The molecule has 2 aromatic rings. The van der Waals surface area contributed by atoms with Gasteiger partial charge in [0, 0.05) is 42.7 Å². The van der Waals surface area contributed by atoms with Crippen molar-refractivity contribution in [2.45, 2.75) is 6.04 Å². The summed E-state index contributed by atoms with van der Waals surface area (Å²) in [6.45, 7) is 4.02. The first-order valence-corrected chi connectivity index (χ1v) is 8.02. The monoisotopic (exact) mass is 376 g/mol. The van der Waals surface area contributed by atoms with E-state index in [1.165, 1.54) is 4.88 Å². The number of hydrogen-bond donors (Lipinski definition) is 2. The molecule has 0 saturated carbocycles. The molecule has 4 nitrogen and oxygen atoms in total. The van der Waals surface area contributed by atoms with Gasteiger partial charge in [0.15, 0.2) is 0 Å². The second-order valence-corrected chi connectivity index (χ2v) is 6.11. The van der Waals surface area contributed by atoms with Gasteiger partial charge in [-0.15, -0.1) is 36.2 Å². The fourth-order valence-corrected chi connectivity index (χ4v) is 3.72. The van der Waals surface area contributed by atoms with Crippen molar-refractivity contribution in [2.75, 3.05) is 33.3 Å². The van der Waals surface area contributed by atoms with E-state index >= 15 is 0 Å². The number of halogens is 2. The van der Waals surface area contributed by atoms with E-state index in [1.807, 2.05) is 6.07 Å². The van der Waals surface area contributed by atoms with Crippen LogP contribution in [-0.4, -0.2) is 43.3 Å². The van der Waals surface area contributed by atoms with Crippen LogP contribution < -0.4 is 10.1 Å². The van der Waals surface area contributed by atoms with Crippen LogP contribution in [0.1, 0.15) is 16.5 Å². The predicted molar refractivity (Wildman–Crippen MR) is 99.8 cm³/mol. The Kier molecular flexibility index (Phi) is 8.16. The third-order valence-electron chi connectivity index (χ3n) is 3.84. The van der Waals surface area contributed by atoms with Crippen molar-refractivity contribution in [3.05, 3.63) is 46.2 Å². The van der Waals surface area contributed by atoms with Crippen LogP contribution >= 0.6 is 36.2 Å². The standard InChI is InChI=1S/C16H20N2O2S.2ClH/c1-20-14-11-12(19)4-5-13(14)16(15-3-2-10-21-15)18-8-6-17-7-9-18;;/h2-5,10-11,16-17,19H,6-9H2,1H3;2*1H/t16-;;/m0../s1. The van der Waals surface area contributed by atoms with Crippen molar-refractivity contribution in [2.24, 2.45) is 0 Å². The second-order valence-electron chi connectivity index (χ2n) is 5.13. The van der Waals surface area contributed by atoms with Gasteiger partial charge in [-0.2, -0.15) is 0 Å². The second kappa shape index (κ2) is 9.35. The fourth-order valence-electron chi connectivity index (χ4n) is 2.84. The maximum Gasteiger partial charge on any atom is 0.127 e. The zero-order chi connectivity index (χ0) is 14.7. The molecule has 0 radical (unpaired) electrons. The van der Waals surface area contributed by atoms with Crippen LogP contribution in [0.4, 0.5) is 0 Å².